The Kier molecular flexibility index (Phi) is 2.29. The molecule has 0 amide bonds. The first-order valence-corrected chi connectivity index (χ1v) is 4.35. The maximum absolute atomic E-state index is 5.57. The van der Waals surface area contributed by atoms with Gasteiger partial charge in [0.25, 0.3) is 0 Å². The summed E-state index contributed by atoms with van der Waals surface area (Å²) in [4.78, 5) is 0. The highest BCUT2D eigenvalue weighted by Crippen LogP contribution is 2.14. The van der Waals surface area contributed by atoms with Gasteiger partial charge in [0.05, 0.1) is 12.2 Å². The van der Waals surface area contributed by atoms with E-state index in [4.69, 9.17) is 9.31 Å². The minimum atomic E-state index is -0.277. The first-order valence-electron chi connectivity index (χ1n) is 4.35. The van der Waals surface area contributed by atoms with Crippen molar-refractivity contribution in [2.75, 3.05) is 0 Å². The molecular weight excluding hydrogens is 167 g/mol. The quantitative estimate of drug-likeness (QED) is 0.567. The third-order valence-corrected chi connectivity index (χ3v) is 2.22. The van der Waals surface area contributed by atoms with Gasteiger partial charge in [0.1, 0.15) is 0 Å². The van der Waals surface area contributed by atoms with Crippen LogP contribution in [0, 0.1) is 0 Å². The molecule has 1 aliphatic rings. The van der Waals surface area contributed by atoms with Crippen LogP contribution in [0.4, 0.5) is 0 Å². The molecule has 2 unspecified atom stereocenters. The minimum Gasteiger partial charge on any atom is -0.402 e. The van der Waals surface area contributed by atoms with Gasteiger partial charge in [-0.2, -0.15) is 10.2 Å². The second kappa shape index (κ2) is 3.43. The highest BCUT2D eigenvalue weighted by molar-refractivity contribution is 6.61. The Hall–Kier alpha value is -0.935. The number of hydrogen-bond acceptors (Lipinski definition) is 4. The maximum atomic E-state index is 5.57. The second-order valence-electron chi connectivity index (χ2n) is 3.19. The van der Waals surface area contributed by atoms with Crippen LogP contribution >= 0.6 is 0 Å². The summed E-state index contributed by atoms with van der Waals surface area (Å²) >= 11 is 0. The highest BCUT2D eigenvalue weighted by Gasteiger charge is 2.35. The highest BCUT2D eigenvalue weighted by atomic mass is 16.7. The van der Waals surface area contributed by atoms with E-state index in [1.165, 1.54) is 0 Å². The fraction of sp³-hybridized carbons (Fsp3) is 0.500. The molecule has 1 aliphatic heterocycles. The smallest absolute Gasteiger partial charge is 0.402 e. The van der Waals surface area contributed by atoms with Crippen molar-refractivity contribution >= 4 is 12.6 Å². The van der Waals surface area contributed by atoms with Crippen LogP contribution in [-0.4, -0.2) is 29.5 Å². The van der Waals surface area contributed by atoms with E-state index in [2.05, 4.69) is 10.2 Å². The molecule has 1 aromatic heterocycles. The van der Waals surface area contributed by atoms with Crippen LogP contribution in [0.3, 0.4) is 0 Å². The fourth-order valence-electron chi connectivity index (χ4n) is 1.24. The zero-order valence-corrected chi connectivity index (χ0v) is 7.68. The number of rotatable bonds is 1. The maximum Gasteiger partial charge on any atom is 0.496 e. The summed E-state index contributed by atoms with van der Waals surface area (Å²) in [6.07, 6.45) is 3.57. The Labute approximate surface area is 77.4 Å². The molecule has 0 bridgehead atoms. The Morgan fingerprint density at radius 3 is 2.46 bits per heavy atom. The molecule has 0 N–H and O–H groups in total. The summed E-state index contributed by atoms with van der Waals surface area (Å²) in [6.45, 7) is 4.00. The van der Waals surface area contributed by atoms with Crippen molar-refractivity contribution in [3.63, 3.8) is 0 Å². The first kappa shape index (κ1) is 8.65. The first-order chi connectivity index (χ1) is 6.27. The summed E-state index contributed by atoms with van der Waals surface area (Å²) in [5, 5.41) is 7.46. The van der Waals surface area contributed by atoms with Crippen molar-refractivity contribution in [3.8, 4) is 0 Å². The minimum absolute atomic E-state index is 0.137. The van der Waals surface area contributed by atoms with Crippen LogP contribution in [0.2, 0.25) is 0 Å². The molecule has 0 aliphatic carbocycles. The summed E-state index contributed by atoms with van der Waals surface area (Å²) in [5.74, 6) is 0. The van der Waals surface area contributed by atoms with Gasteiger partial charge in [0.2, 0.25) is 0 Å². The van der Waals surface area contributed by atoms with E-state index >= 15 is 0 Å². The Balaban J connectivity index is 2.12. The lowest BCUT2D eigenvalue weighted by Gasteiger charge is -2.04. The van der Waals surface area contributed by atoms with Crippen LogP contribution < -0.4 is 5.46 Å². The van der Waals surface area contributed by atoms with Gasteiger partial charge in [-0.1, -0.05) is 0 Å². The van der Waals surface area contributed by atoms with Gasteiger partial charge in [0, 0.05) is 17.9 Å². The van der Waals surface area contributed by atoms with E-state index < -0.39 is 0 Å². The lowest BCUT2D eigenvalue weighted by molar-refractivity contribution is 0.187. The third kappa shape index (κ3) is 1.71. The molecule has 0 aromatic carbocycles. The van der Waals surface area contributed by atoms with Crippen molar-refractivity contribution < 1.29 is 9.31 Å². The molecule has 1 saturated heterocycles. The van der Waals surface area contributed by atoms with Crippen LogP contribution in [0.25, 0.3) is 0 Å². The van der Waals surface area contributed by atoms with Gasteiger partial charge in [-0.3, -0.25) is 0 Å². The largest absolute Gasteiger partial charge is 0.496 e. The van der Waals surface area contributed by atoms with Crippen LogP contribution in [-0.2, 0) is 9.31 Å². The molecule has 5 heteroatoms. The van der Waals surface area contributed by atoms with Gasteiger partial charge in [-0.25, -0.2) is 0 Å². The van der Waals surface area contributed by atoms with E-state index in [9.17, 15) is 0 Å². The lowest BCUT2D eigenvalue weighted by atomic mass is 9.81. The molecule has 0 spiro atoms. The van der Waals surface area contributed by atoms with E-state index in [0.29, 0.717) is 0 Å². The summed E-state index contributed by atoms with van der Waals surface area (Å²) in [7, 11) is -0.277. The molecular formula is C8H11BN2O2. The number of hydrogen-bond donors (Lipinski definition) is 0. The predicted molar refractivity (Wildman–Crippen MR) is 48.5 cm³/mol. The molecule has 1 aromatic rings. The zero-order valence-electron chi connectivity index (χ0n) is 7.68. The molecule has 13 heavy (non-hydrogen) atoms. The Morgan fingerprint density at radius 1 is 1.23 bits per heavy atom. The standard InChI is InChI=1S/C8H11BN2O2/c1-6-7(2)13-9(12-6)8-3-4-10-11-5-8/h3-7H,1-2H3. The predicted octanol–water partition coefficient (Wildman–Crippen LogP) is -0.00440. The van der Waals surface area contributed by atoms with Crippen LogP contribution in [0.5, 0.6) is 0 Å². The fourth-order valence-corrected chi connectivity index (χ4v) is 1.24. The molecule has 0 saturated carbocycles. The van der Waals surface area contributed by atoms with E-state index in [1.807, 2.05) is 19.9 Å². The van der Waals surface area contributed by atoms with Crippen molar-refractivity contribution in [1.82, 2.24) is 10.2 Å². The summed E-state index contributed by atoms with van der Waals surface area (Å²) in [5.41, 5.74) is 0.922. The average Bonchev–Trinajstić information content (AvgIpc) is 2.49. The summed E-state index contributed by atoms with van der Waals surface area (Å²) in [6, 6.07) is 1.85. The van der Waals surface area contributed by atoms with E-state index in [1.54, 1.807) is 12.4 Å². The Bertz CT molecular complexity index is 273. The third-order valence-electron chi connectivity index (χ3n) is 2.22. The molecule has 68 valence electrons. The van der Waals surface area contributed by atoms with Gasteiger partial charge in [-0.15, -0.1) is 0 Å². The normalized spacial score (nSPS) is 28.0. The zero-order chi connectivity index (χ0) is 9.26. The lowest BCUT2D eigenvalue weighted by Crippen LogP contribution is -2.32. The number of nitrogens with zero attached hydrogens (tertiary/aromatic N) is 2. The van der Waals surface area contributed by atoms with Gasteiger partial charge in [-0.05, 0) is 19.9 Å². The van der Waals surface area contributed by atoms with E-state index in [-0.39, 0.29) is 19.3 Å². The van der Waals surface area contributed by atoms with Crippen molar-refractivity contribution in [1.29, 1.82) is 0 Å². The number of aromatic nitrogens is 2. The molecule has 4 nitrogen and oxygen atoms in total. The van der Waals surface area contributed by atoms with Crippen molar-refractivity contribution in [3.05, 3.63) is 18.5 Å². The molecule has 2 rings (SSSR count). The van der Waals surface area contributed by atoms with Crippen LogP contribution in [0.15, 0.2) is 18.5 Å². The Morgan fingerprint density at radius 2 is 1.92 bits per heavy atom. The topological polar surface area (TPSA) is 44.2 Å². The molecule has 2 atom stereocenters. The van der Waals surface area contributed by atoms with Crippen molar-refractivity contribution in [2.24, 2.45) is 0 Å². The summed E-state index contributed by atoms with van der Waals surface area (Å²) < 4.78 is 11.1. The molecule has 0 radical (unpaired) electrons. The second-order valence-corrected chi connectivity index (χ2v) is 3.19. The monoisotopic (exact) mass is 178 g/mol. The molecule has 1 fully saturated rings. The average molecular weight is 178 g/mol. The SMILES string of the molecule is CC1OB(c2ccnnc2)OC1C. The molecule has 2 heterocycles. The van der Waals surface area contributed by atoms with Gasteiger partial charge in [0.15, 0.2) is 0 Å². The van der Waals surface area contributed by atoms with Gasteiger partial charge < -0.3 is 9.31 Å². The van der Waals surface area contributed by atoms with Crippen molar-refractivity contribution in [2.45, 2.75) is 26.1 Å². The van der Waals surface area contributed by atoms with E-state index in [0.717, 1.165) is 5.46 Å². The van der Waals surface area contributed by atoms with Gasteiger partial charge >= 0.3 is 7.12 Å². The van der Waals surface area contributed by atoms with Crippen LogP contribution in [0.1, 0.15) is 13.8 Å².